The van der Waals surface area contributed by atoms with Crippen LogP contribution < -0.4 is 5.32 Å². The molecule has 0 radical (unpaired) electrons. The molecular formula is C19H14FN3O7. The maximum Gasteiger partial charge on any atom is 0.338 e. The molecular weight excluding hydrogens is 401 g/mol. The Morgan fingerprint density at radius 3 is 2.47 bits per heavy atom. The number of ether oxygens (including phenoxy) is 1. The Bertz CT molecular complexity index is 1120. The molecule has 1 aliphatic heterocycles. The summed E-state index contributed by atoms with van der Waals surface area (Å²) in [5, 5.41) is 13.1. The molecule has 0 aromatic heterocycles. The molecule has 30 heavy (non-hydrogen) atoms. The molecule has 2 aromatic rings. The average Bonchev–Trinajstić information content (AvgIpc) is 2.92. The van der Waals surface area contributed by atoms with E-state index >= 15 is 0 Å². The Balaban J connectivity index is 1.70. The topological polar surface area (TPSA) is 136 Å². The second-order valence-electron chi connectivity index (χ2n) is 6.39. The number of nitrogens with zero attached hydrogens (tertiary/aromatic N) is 2. The van der Waals surface area contributed by atoms with Gasteiger partial charge in [0, 0.05) is 18.8 Å². The summed E-state index contributed by atoms with van der Waals surface area (Å²) in [5.41, 5.74) is -0.710. The van der Waals surface area contributed by atoms with Crippen molar-refractivity contribution in [3.8, 4) is 0 Å². The van der Waals surface area contributed by atoms with Crippen molar-refractivity contribution in [2.75, 3.05) is 12.4 Å². The second-order valence-corrected chi connectivity index (χ2v) is 6.39. The Hall–Kier alpha value is -4.15. The minimum atomic E-state index is -1.31. The van der Waals surface area contributed by atoms with Crippen LogP contribution in [-0.2, 0) is 9.53 Å². The molecule has 1 atom stereocenters. The van der Waals surface area contributed by atoms with Gasteiger partial charge in [-0.25, -0.2) is 4.79 Å². The summed E-state index contributed by atoms with van der Waals surface area (Å²) >= 11 is 0. The van der Waals surface area contributed by atoms with Crippen LogP contribution in [0.25, 0.3) is 0 Å². The fourth-order valence-corrected chi connectivity index (χ4v) is 2.74. The summed E-state index contributed by atoms with van der Waals surface area (Å²) in [6.45, 7) is 1.26. The van der Waals surface area contributed by atoms with E-state index in [4.69, 9.17) is 4.74 Å². The van der Waals surface area contributed by atoms with Gasteiger partial charge in [0.2, 0.25) is 5.82 Å². The van der Waals surface area contributed by atoms with Gasteiger partial charge in [-0.2, -0.15) is 4.39 Å². The summed E-state index contributed by atoms with van der Waals surface area (Å²) in [4.78, 5) is 59.2. The molecule has 0 spiro atoms. The number of nitrogens with one attached hydrogen (secondary N) is 1. The zero-order chi connectivity index (χ0) is 22.2. The highest BCUT2D eigenvalue weighted by atomic mass is 19.1. The molecule has 0 bridgehead atoms. The summed E-state index contributed by atoms with van der Waals surface area (Å²) in [6, 6.07) is 6.59. The number of carbonyl (C=O) groups is 4. The number of carbonyl (C=O) groups excluding carboxylic acids is 4. The molecule has 1 unspecified atom stereocenters. The van der Waals surface area contributed by atoms with Crippen molar-refractivity contribution in [3.05, 3.63) is 69.0 Å². The van der Waals surface area contributed by atoms with E-state index in [1.165, 1.54) is 32.2 Å². The zero-order valence-corrected chi connectivity index (χ0v) is 15.7. The lowest BCUT2D eigenvalue weighted by Gasteiger charge is -2.14. The lowest BCUT2D eigenvalue weighted by Crippen LogP contribution is -2.30. The molecule has 11 heteroatoms. The third kappa shape index (κ3) is 3.72. The van der Waals surface area contributed by atoms with Crippen LogP contribution in [0.15, 0.2) is 36.4 Å². The maximum absolute atomic E-state index is 13.4. The highest BCUT2D eigenvalue weighted by molar-refractivity contribution is 6.21. The van der Waals surface area contributed by atoms with Crippen LogP contribution in [0.1, 0.15) is 38.0 Å². The van der Waals surface area contributed by atoms with Crippen molar-refractivity contribution in [1.29, 1.82) is 0 Å². The number of anilines is 1. The molecule has 3 rings (SSSR count). The molecule has 154 valence electrons. The zero-order valence-electron chi connectivity index (χ0n) is 15.7. The molecule has 1 heterocycles. The van der Waals surface area contributed by atoms with Gasteiger partial charge in [0.05, 0.1) is 21.6 Å². The molecule has 0 saturated heterocycles. The summed E-state index contributed by atoms with van der Waals surface area (Å²) in [6.07, 6.45) is -1.31. The first-order chi connectivity index (χ1) is 14.1. The molecule has 10 nitrogen and oxygen atoms in total. The molecule has 0 fully saturated rings. The first kappa shape index (κ1) is 20.6. The second kappa shape index (κ2) is 7.70. The number of imide groups is 1. The number of nitro groups is 1. The van der Waals surface area contributed by atoms with Gasteiger partial charge in [-0.05, 0) is 37.3 Å². The van der Waals surface area contributed by atoms with Crippen molar-refractivity contribution >= 4 is 35.1 Å². The van der Waals surface area contributed by atoms with Gasteiger partial charge in [-0.1, -0.05) is 0 Å². The number of rotatable bonds is 5. The fourth-order valence-electron chi connectivity index (χ4n) is 2.74. The van der Waals surface area contributed by atoms with Gasteiger partial charge in [0.1, 0.15) is 0 Å². The number of amides is 3. The number of hydrogen-bond donors (Lipinski definition) is 1. The predicted octanol–water partition coefficient (Wildman–Crippen LogP) is 2.14. The SMILES string of the molecule is CC(OC(=O)c1ccc2c(c1)C(=O)N(C)C2=O)C(=O)Nc1ccc(F)c([N+](=O)[O-])c1. The molecule has 3 amide bonds. The van der Waals surface area contributed by atoms with Gasteiger partial charge in [-0.15, -0.1) is 0 Å². The van der Waals surface area contributed by atoms with E-state index in [9.17, 15) is 33.7 Å². The first-order valence-electron chi connectivity index (χ1n) is 8.52. The summed E-state index contributed by atoms with van der Waals surface area (Å²) in [7, 11) is 1.31. The van der Waals surface area contributed by atoms with Crippen LogP contribution in [-0.4, -0.2) is 46.7 Å². The Morgan fingerprint density at radius 1 is 1.13 bits per heavy atom. The predicted molar refractivity (Wildman–Crippen MR) is 99.4 cm³/mol. The van der Waals surface area contributed by atoms with Gasteiger partial charge in [0.15, 0.2) is 6.10 Å². The lowest BCUT2D eigenvalue weighted by atomic mass is 10.1. The van der Waals surface area contributed by atoms with Crippen LogP contribution in [0.3, 0.4) is 0 Å². The van der Waals surface area contributed by atoms with Crippen molar-refractivity contribution in [1.82, 2.24) is 4.90 Å². The normalized spacial score (nSPS) is 13.6. The van der Waals surface area contributed by atoms with E-state index in [0.29, 0.717) is 0 Å². The minimum Gasteiger partial charge on any atom is -0.449 e. The molecule has 1 aliphatic rings. The fraction of sp³-hybridized carbons (Fsp3) is 0.158. The molecule has 2 aromatic carbocycles. The smallest absolute Gasteiger partial charge is 0.338 e. The standard InChI is InChI=1S/C19H14FN3O7/c1-9(16(24)21-11-4-6-14(20)15(8-11)23(28)29)30-19(27)10-3-5-12-13(7-10)18(26)22(2)17(12)25/h3-9H,1-2H3,(H,21,24). The molecule has 0 saturated carbocycles. The third-order valence-corrected chi connectivity index (χ3v) is 4.39. The van der Waals surface area contributed by atoms with Crippen molar-refractivity contribution in [2.24, 2.45) is 0 Å². The maximum atomic E-state index is 13.4. The van der Waals surface area contributed by atoms with Crippen molar-refractivity contribution < 1.29 is 33.2 Å². The van der Waals surface area contributed by atoms with Crippen molar-refractivity contribution in [3.63, 3.8) is 0 Å². The Morgan fingerprint density at radius 2 is 1.80 bits per heavy atom. The van der Waals surface area contributed by atoms with Gasteiger partial charge < -0.3 is 10.1 Å². The lowest BCUT2D eigenvalue weighted by molar-refractivity contribution is -0.387. The van der Waals surface area contributed by atoms with Crippen molar-refractivity contribution in [2.45, 2.75) is 13.0 Å². The Kier molecular flexibility index (Phi) is 5.28. The quantitative estimate of drug-likeness (QED) is 0.342. The Labute approximate surface area is 168 Å². The highest BCUT2D eigenvalue weighted by Crippen LogP contribution is 2.24. The van der Waals surface area contributed by atoms with E-state index in [2.05, 4.69) is 5.32 Å². The van der Waals surface area contributed by atoms with Crippen LogP contribution >= 0.6 is 0 Å². The first-order valence-corrected chi connectivity index (χ1v) is 8.52. The van der Waals surface area contributed by atoms with E-state index in [0.717, 1.165) is 23.1 Å². The monoisotopic (exact) mass is 415 g/mol. The van der Waals surface area contributed by atoms with Gasteiger partial charge in [-0.3, -0.25) is 29.4 Å². The number of halogens is 1. The van der Waals surface area contributed by atoms with Crippen LogP contribution in [0.5, 0.6) is 0 Å². The number of benzene rings is 2. The summed E-state index contributed by atoms with van der Waals surface area (Å²) in [5.74, 6) is -3.84. The minimum absolute atomic E-state index is 0.0396. The van der Waals surface area contributed by atoms with Gasteiger partial charge in [0.25, 0.3) is 17.7 Å². The average molecular weight is 415 g/mol. The van der Waals surface area contributed by atoms with E-state index in [1.807, 2.05) is 0 Å². The van der Waals surface area contributed by atoms with Crippen LogP contribution in [0, 0.1) is 15.9 Å². The van der Waals surface area contributed by atoms with Crippen LogP contribution in [0.4, 0.5) is 15.8 Å². The van der Waals surface area contributed by atoms with E-state index in [-0.39, 0.29) is 22.4 Å². The molecule has 0 aliphatic carbocycles. The number of nitro benzene ring substituents is 1. The van der Waals surface area contributed by atoms with Crippen LogP contribution in [0.2, 0.25) is 0 Å². The summed E-state index contributed by atoms with van der Waals surface area (Å²) < 4.78 is 18.4. The molecule has 1 N–H and O–H groups in total. The van der Waals surface area contributed by atoms with Gasteiger partial charge >= 0.3 is 11.7 Å². The number of esters is 1. The number of fused-ring (bicyclic) bond motifs is 1. The van der Waals surface area contributed by atoms with E-state index < -0.39 is 46.2 Å². The largest absolute Gasteiger partial charge is 0.449 e. The highest BCUT2D eigenvalue weighted by Gasteiger charge is 2.33. The van der Waals surface area contributed by atoms with E-state index in [1.54, 1.807) is 0 Å². The number of hydrogen-bond acceptors (Lipinski definition) is 7. The third-order valence-electron chi connectivity index (χ3n) is 4.39.